The van der Waals surface area contributed by atoms with Crippen molar-refractivity contribution in [2.75, 3.05) is 4.90 Å². The lowest BCUT2D eigenvalue weighted by molar-refractivity contribution is 0.402. The number of alkyl halides is 1. The molecule has 0 fully saturated rings. The zero-order chi connectivity index (χ0) is 32.1. The van der Waals surface area contributed by atoms with Crippen molar-refractivity contribution in [2.45, 2.75) is 25.4 Å². The molecule has 1 unspecified atom stereocenters. The van der Waals surface area contributed by atoms with E-state index in [2.05, 4.69) is 64.5 Å². The summed E-state index contributed by atoms with van der Waals surface area (Å²) in [5.74, 6) is 0.762. The number of furan rings is 1. The number of anilines is 3. The number of para-hydroxylation sites is 2. The molecule has 9 aromatic rings. The summed E-state index contributed by atoms with van der Waals surface area (Å²) in [6, 6.07) is 38.6. The summed E-state index contributed by atoms with van der Waals surface area (Å²) in [4.78, 5) is 11.6. The van der Waals surface area contributed by atoms with Gasteiger partial charge in [-0.05, 0) is 70.1 Å². The predicted octanol–water partition coefficient (Wildman–Crippen LogP) is 11.1. The Hall–Kier alpha value is -6.01. The van der Waals surface area contributed by atoms with E-state index in [4.69, 9.17) is 9.40 Å². The average Bonchev–Trinajstić information content (AvgIpc) is 3.77. The second-order valence-electron chi connectivity index (χ2n) is 13.2. The molecule has 0 radical (unpaired) electrons. The van der Waals surface area contributed by atoms with Gasteiger partial charge in [0, 0.05) is 51.6 Å². The van der Waals surface area contributed by atoms with Crippen LogP contribution < -0.4 is 4.90 Å². The van der Waals surface area contributed by atoms with Crippen LogP contribution in [0.5, 0.6) is 0 Å². The molecule has 1 atom stereocenters. The summed E-state index contributed by atoms with van der Waals surface area (Å²) >= 11 is 0. The highest BCUT2D eigenvalue weighted by Crippen LogP contribution is 2.54. The van der Waals surface area contributed by atoms with Gasteiger partial charge in [-0.3, -0.25) is 9.30 Å². The summed E-state index contributed by atoms with van der Waals surface area (Å²) in [6.07, 6.45) is 4.21. The first-order valence-corrected chi connectivity index (χ1v) is 16.2. The van der Waals surface area contributed by atoms with Gasteiger partial charge in [-0.25, -0.2) is 14.4 Å². The van der Waals surface area contributed by atoms with Crippen LogP contribution in [0, 0.1) is 0 Å². The van der Waals surface area contributed by atoms with E-state index >= 15 is 4.39 Å². The number of rotatable bonds is 3. The standard InChI is InChI=1S/C42H29FN4O/c1-42(2)32-17-15-26(40(43)25-14-16-27-28-9-3-5-11-34(28)46-20-19-45-41(46)31(27)21-25)22-35(32)47(39-13-7-8-18-44-39)36-24-38-30(23-33(36)42)29-10-4-6-12-37(29)48-38/h3-24,40H,1-2H3. The molecule has 10 rings (SSSR count). The second-order valence-corrected chi connectivity index (χ2v) is 13.2. The molecule has 0 spiro atoms. The van der Waals surface area contributed by atoms with Gasteiger partial charge in [-0.15, -0.1) is 0 Å². The molecule has 6 heteroatoms. The lowest BCUT2D eigenvalue weighted by atomic mass is 9.72. The normalized spacial score (nSPS) is 14.6. The molecule has 0 bridgehead atoms. The maximum atomic E-state index is 16.9. The Kier molecular flexibility index (Phi) is 5.51. The van der Waals surface area contributed by atoms with Crippen molar-refractivity contribution in [3.8, 4) is 0 Å². The highest BCUT2D eigenvalue weighted by molar-refractivity contribution is 6.12. The summed E-state index contributed by atoms with van der Waals surface area (Å²) in [6.45, 7) is 4.48. The molecule has 0 N–H and O–H groups in total. The molecule has 0 amide bonds. The SMILES string of the molecule is CC1(C)c2ccc(C(F)c3ccc4c5ccccc5n5ccnc5c4c3)cc2N(c2ccccn2)c2cc3oc4ccccc4c3cc21. The third-order valence-electron chi connectivity index (χ3n) is 10.2. The van der Waals surface area contributed by atoms with Crippen molar-refractivity contribution in [3.05, 3.63) is 156 Å². The molecule has 0 saturated carbocycles. The number of benzene rings is 5. The third kappa shape index (κ3) is 3.71. The number of imidazole rings is 1. The molecular weight excluding hydrogens is 595 g/mol. The van der Waals surface area contributed by atoms with Crippen molar-refractivity contribution >= 4 is 66.5 Å². The highest BCUT2D eigenvalue weighted by Gasteiger charge is 2.38. The van der Waals surface area contributed by atoms with Crippen LogP contribution in [0.2, 0.25) is 0 Å². The van der Waals surface area contributed by atoms with Gasteiger partial charge in [0.1, 0.15) is 22.6 Å². The van der Waals surface area contributed by atoms with Gasteiger partial charge in [-0.1, -0.05) is 80.6 Å². The van der Waals surface area contributed by atoms with Gasteiger partial charge in [0.25, 0.3) is 0 Å². The molecule has 5 aromatic carbocycles. The van der Waals surface area contributed by atoms with Gasteiger partial charge in [0.05, 0.1) is 16.9 Å². The van der Waals surface area contributed by atoms with E-state index in [1.807, 2.05) is 85.1 Å². The number of pyridine rings is 2. The summed E-state index contributed by atoms with van der Waals surface area (Å²) in [5, 5.41) is 5.27. The largest absolute Gasteiger partial charge is 0.456 e. The quantitative estimate of drug-likeness (QED) is 0.184. The molecule has 5 nitrogen and oxygen atoms in total. The summed E-state index contributed by atoms with van der Waals surface area (Å²) in [5.41, 5.74) is 8.51. The fourth-order valence-corrected chi connectivity index (χ4v) is 7.81. The maximum absolute atomic E-state index is 16.9. The number of fused-ring (bicyclic) bond motifs is 11. The number of aromatic nitrogens is 3. The minimum absolute atomic E-state index is 0.372. The van der Waals surface area contributed by atoms with E-state index in [1.165, 1.54) is 0 Å². The molecule has 230 valence electrons. The smallest absolute Gasteiger partial charge is 0.150 e. The number of hydrogen-bond acceptors (Lipinski definition) is 4. The number of halogens is 1. The Labute approximate surface area is 275 Å². The Morgan fingerprint density at radius 3 is 2.27 bits per heavy atom. The fraction of sp³-hybridized carbons (Fsp3) is 0.0952. The van der Waals surface area contributed by atoms with Gasteiger partial charge in [0.15, 0.2) is 6.17 Å². The van der Waals surface area contributed by atoms with Gasteiger partial charge in [-0.2, -0.15) is 0 Å². The third-order valence-corrected chi connectivity index (χ3v) is 10.2. The minimum atomic E-state index is -1.35. The van der Waals surface area contributed by atoms with Crippen molar-refractivity contribution in [3.63, 3.8) is 0 Å². The van der Waals surface area contributed by atoms with Crippen molar-refractivity contribution in [2.24, 2.45) is 0 Å². The number of nitrogens with zero attached hydrogens (tertiary/aromatic N) is 4. The average molecular weight is 625 g/mol. The summed E-state index contributed by atoms with van der Waals surface area (Å²) in [7, 11) is 0. The van der Waals surface area contributed by atoms with Gasteiger partial charge < -0.3 is 4.42 Å². The molecule has 0 saturated heterocycles. The minimum Gasteiger partial charge on any atom is -0.456 e. The molecule has 4 aromatic heterocycles. The summed E-state index contributed by atoms with van der Waals surface area (Å²) < 4.78 is 25.3. The van der Waals surface area contributed by atoms with Crippen molar-refractivity contribution in [1.29, 1.82) is 0 Å². The van der Waals surface area contributed by atoms with Crippen LogP contribution in [0.25, 0.3) is 49.3 Å². The van der Waals surface area contributed by atoms with E-state index in [0.29, 0.717) is 11.1 Å². The molecule has 48 heavy (non-hydrogen) atoms. The van der Waals surface area contributed by atoms with E-state index in [0.717, 1.165) is 77.6 Å². The first-order valence-electron chi connectivity index (χ1n) is 16.2. The van der Waals surface area contributed by atoms with Crippen LogP contribution in [0.15, 0.2) is 138 Å². The Morgan fingerprint density at radius 2 is 1.40 bits per heavy atom. The fourth-order valence-electron chi connectivity index (χ4n) is 7.81. The lowest BCUT2D eigenvalue weighted by Crippen LogP contribution is -2.31. The Bertz CT molecular complexity index is 2740. The van der Waals surface area contributed by atoms with E-state index in [-0.39, 0.29) is 5.41 Å². The monoisotopic (exact) mass is 624 g/mol. The maximum Gasteiger partial charge on any atom is 0.150 e. The van der Waals surface area contributed by atoms with Crippen LogP contribution in [-0.2, 0) is 5.41 Å². The molecule has 5 heterocycles. The van der Waals surface area contributed by atoms with Crippen LogP contribution >= 0.6 is 0 Å². The molecule has 1 aliphatic rings. The van der Waals surface area contributed by atoms with Crippen LogP contribution in [0.1, 0.15) is 42.3 Å². The zero-order valence-electron chi connectivity index (χ0n) is 26.4. The molecular formula is C42H29FN4O. The van der Waals surface area contributed by atoms with Crippen LogP contribution in [0.3, 0.4) is 0 Å². The van der Waals surface area contributed by atoms with Crippen molar-refractivity contribution < 1.29 is 8.81 Å². The number of hydrogen-bond donors (Lipinski definition) is 0. The van der Waals surface area contributed by atoms with Crippen LogP contribution in [0.4, 0.5) is 21.6 Å². The Balaban J connectivity index is 1.16. The highest BCUT2D eigenvalue weighted by atomic mass is 19.1. The predicted molar refractivity (Wildman–Crippen MR) is 191 cm³/mol. The lowest BCUT2D eigenvalue weighted by Gasteiger charge is -2.41. The first-order chi connectivity index (χ1) is 23.5. The molecule has 1 aliphatic heterocycles. The van der Waals surface area contributed by atoms with Crippen molar-refractivity contribution in [1.82, 2.24) is 14.4 Å². The van der Waals surface area contributed by atoms with Gasteiger partial charge >= 0.3 is 0 Å². The molecule has 0 aliphatic carbocycles. The Morgan fingerprint density at radius 1 is 0.625 bits per heavy atom. The second kappa shape index (κ2) is 9.75. The topological polar surface area (TPSA) is 46.6 Å². The van der Waals surface area contributed by atoms with Gasteiger partial charge in [0.2, 0.25) is 0 Å². The zero-order valence-corrected chi connectivity index (χ0v) is 26.4. The first kappa shape index (κ1) is 27.1. The van der Waals surface area contributed by atoms with E-state index < -0.39 is 6.17 Å². The van der Waals surface area contributed by atoms with E-state index in [1.54, 1.807) is 12.4 Å². The van der Waals surface area contributed by atoms with E-state index in [9.17, 15) is 0 Å². The van der Waals surface area contributed by atoms with Crippen LogP contribution in [-0.4, -0.2) is 14.4 Å².